The molecule has 0 radical (unpaired) electrons. The van der Waals surface area contributed by atoms with Crippen LogP contribution in [-0.2, 0) is 10.0 Å². The lowest BCUT2D eigenvalue weighted by atomic mass is 10.1. The van der Waals surface area contributed by atoms with Gasteiger partial charge in [0.1, 0.15) is 11.6 Å². The van der Waals surface area contributed by atoms with Crippen molar-refractivity contribution < 1.29 is 26.4 Å². The van der Waals surface area contributed by atoms with Crippen molar-refractivity contribution in [2.75, 3.05) is 11.9 Å². The van der Waals surface area contributed by atoms with Gasteiger partial charge in [0.25, 0.3) is 5.91 Å². The van der Waals surface area contributed by atoms with Crippen LogP contribution in [0.15, 0.2) is 39.7 Å². The number of hydrogen-bond donors (Lipinski definition) is 1. The fraction of sp³-hybridized carbons (Fsp3) is 0.316. The van der Waals surface area contributed by atoms with Crippen molar-refractivity contribution in [3.05, 3.63) is 57.8 Å². The van der Waals surface area contributed by atoms with Crippen LogP contribution >= 0.6 is 15.9 Å². The smallest absolute Gasteiger partial charge is 0.258 e. The quantitative estimate of drug-likeness (QED) is 0.676. The number of sulfonamides is 1. The number of amides is 1. The van der Waals surface area contributed by atoms with Gasteiger partial charge in [0.05, 0.1) is 16.1 Å². The van der Waals surface area contributed by atoms with Crippen LogP contribution in [0.2, 0.25) is 0 Å². The second-order valence-corrected chi connectivity index (χ2v) is 9.55. The van der Waals surface area contributed by atoms with Gasteiger partial charge in [-0.15, -0.1) is 0 Å². The number of rotatable bonds is 4. The van der Waals surface area contributed by atoms with Gasteiger partial charge in [-0.3, -0.25) is 4.79 Å². The third kappa shape index (κ3) is 4.49. The summed E-state index contributed by atoms with van der Waals surface area (Å²) >= 11 is 2.93. The van der Waals surface area contributed by atoms with E-state index in [1.165, 1.54) is 4.31 Å². The Kier molecular flexibility index (Phi) is 6.35. The lowest BCUT2D eigenvalue weighted by Crippen LogP contribution is -2.42. The first-order chi connectivity index (χ1) is 13.6. The Morgan fingerprint density at radius 3 is 2.52 bits per heavy atom. The van der Waals surface area contributed by atoms with Crippen LogP contribution in [0, 0.1) is 17.5 Å². The van der Waals surface area contributed by atoms with Crippen molar-refractivity contribution in [2.45, 2.75) is 37.1 Å². The van der Waals surface area contributed by atoms with E-state index in [4.69, 9.17) is 0 Å². The van der Waals surface area contributed by atoms with Crippen LogP contribution < -0.4 is 5.32 Å². The minimum absolute atomic E-state index is 0.0744. The minimum atomic E-state index is -3.93. The van der Waals surface area contributed by atoms with Crippen molar-refractivity contribution in [1.29, 1.82) is 0 Å². The van der Waals surface area contributed by atoms with Gasteiger partial charge in [-0.2, -0.15) is 4.31 Å². The predicted molar refractivity (Wildman–Crippen MR) is 106 cm³/mol. The molecule has 10 heteroatoms. The van der Waals surface area contributed by atoms with Crippen molar-refractivity contribution in [3.63, 3.8) is 0 Å². The molecule has 0 bridgehead atoms. The fourth-order valence-corrected chi connectivity index (χ4v) is 5.48. The number of carbonyl (C=O) groups is 1. The molecule has 0 aliphatic carbocycles. The molecule has 1 atom stereocenters. The molecule has 0 saturated carbocycles. The maximum atomic E-state index is 14.3. The van der Waals surface area contributed by atoms with E-state index in [0.29, 0.717) is 19.0 Å². The SMILES string of the molecule is C[C@H]1CCCCN1S(=O)(=O)c1ccc(F)c(C(=O)Nc2c(F)cc(F)cc2Br)c1. The van der Waals surface area contributed by atoms with Crippen molar-refractivity contribution in [1.82, 2.24) is 4.31 Å². The molecule has 3 rings (SSSR count). The molecule has 1 heterocycles. The number of nitrogens with zero attached hydrogens (tertiary/aromatic N) is 1. The van der Waals surface area contributed by atoms with Crippen LogP contribution in [-0.4, -0.2) is 31.2 Å². The molecule has 1 amide bonds. The second kappa shape index (κ2) is 8.45. The first-order valence-corrected chi connectivity index (χ1v) is 11.1. The fourth-order valence-electron chi connectivity index (χ4n) is 3.25. The Hall–Kier alpha value is -1.91. The van der Waals surface area contributed by atoms with E-state index in [9.17, 15) is 26.4 Å². The summed E-state index contributed by atoms with van der Waals surface area (Å²) in [5, 5.41) is 2.15. The minimum Gasteiger partial charge on any atom is -0.318 e. The number of halogens is 4. The van der Waals surface area contributed by atoms with Gasteiger partial charge < -0.3 is 5.32 Å². The van der Waals surface area contributed by atoms with E-state index in [-0.39, 0.29) is 21.1 Å². The molecular weight excluding hydrogens is 473 g/mol. The molecule has 1 aliphatic rings. The summed E-state index contributed by atoms with van der Waals surface area (Å²) in [6.45, 7) is 2.14. The number of hydrogen-bond acceptors (Lipinski definition) is 3. The van der Waals surface area contributed by atoms with Crippen LogP contribution in [0.4, 0.5) is 18.9 Å². The molecule has 2 aromatic rings. The molecule has 0 unspecified atom stereocenters. The van der Waals surface area contributed by atoms with Gasteiger partial charge in [-0.05, 0) is 60.0 Å². The summed E-state index contributed by atoms with van der Waals surface area (Å²) < 4.78 is 68.6. The number of benzene rings is 2. The normalized spacial score (nSPS) is 17.9. The summed E-state index contributed by atoms with van der Waals surface area (Å²) in [6, 6.07) is 4.20. The van der Waals surface area contributed by atoms with E-state index in [1.807, 2.05) is 0 Å². The molecule has 5 nitrogen and oxygen atoms in total. The van der Waals surface area contributed by atoms with Crippen LogP contribution in [0.25, 0.3) is 0 Å². The first kappa shape index (κ1) is 21.8. The zero-order chi connectivity index (χ0) is 21.3. The molecule has 1 fully saturated rings. The lowest BCUT2D eigenvalue weighted by molar-refractivity contribution is 0.102. The monoisotopic (exact) mass is 490 g/mol. The summed E-state index contributed by atoms with van der Waals surface area (Å²) in [6.07, 6.45) is 2.35. The Labute approximate surface area is 175 Å². The molecule has 156 valence electrons. The van der Waals surface area contributed by atoms with Gasteiger partial charge in [0.15, 0.2) is 5.82 Å². The summed E-state index contributed by atoms with van der Waals surface area (Å²) in [7, 11) is -3.93. The highest BCUT2D eigenvalue weighted by Gasteiger charge is 2.32. The zero-order valence-corrected chi connectivity index (χ0v) is 17.8. The van der Waals surface area contributed by atoms with E-state index in [1.54, 1.807) is 6.92 Å². The summed E-state index contributed by atoms with van der Waals surface area (Å²) in [5.41, 5.74) is -0.944. The summed E-state index contributed by atoms with van der Waals surface area (Å²) in [4.78, 5) is 12.3. The molecular formula is C19H18BrF3N2O3S. The van der Waals surface area contributed by atoms with E-state index in [2.05, 4.69) is 21.2 Å². The van der Waals surface area contributed by atoms with Gasteiger partial charge in [0.2, 0.25) is 10.0 Å². The van der Waals surface area contributed by atoms with Gasteiger partial charge >= 0.3 is 0 Å². The third-order valence-electron chi connectivity index (χ3n) is 4.78. The first-order valence-electron chi connectivity index (χ1n) is 8.88. The Balaban J connectivity index is 1.94. The average molecular weight is 491 g/mol. The Bertz CT molecular complexity index is 1040. The largest absolute Gasteiger partial charge is 0.318 e. The highest BCUT2D eigenvalue weighted by molar-refractivity contribution is 9.10. The lowest BCUT2D eigenvalue weighted by Gasteiger charge is -2.32. The maximum Gasteiger partial charge on any atom is 0.258 e. The van der Waals surface area contributed by atoms with Crippen molar-refractivity contribution in [3.8, 4) is 0 Å². The van der Waals surface area contributed by atoms with Gasteiger partial charge in [-0.25, -0.2) is 21.6 Å². The number of anilines is 1. The zero-order valence-electron chi connectivity index (χ0n) is 15.4. The topological polar surface area (TPSA) is 66.5 Å². The predicted octanol–water partition coefficient (Wildman–Crippen LogP) is 4.68. The van der Waals surface area contributed by atoms with Crippen molar-refractivity contribution in [2.24, 2.45) is 0 Å². The number of piperidine rings is 1. The van der Waals surface area contributed by atoms with Gasteiger partial charge in [-0.1, -0.05) is 6.42 Å². The van der Waals surface area contributed by atoms with E-state index in [0.717, 1.165) is 37.1 Å². The molecule has 2 aromatic carbocycles. The molecule has 1 saturated heterocycles. The molecule has 1 aliphatic heterocycles. The van der Waals surface area contributed by atoms with Crippen molar-refractivity contribution >= 4 is 37.5 Å². The molecule has 0 spiro atoms. The second-order valence-electron chi connectivity index (χ2n) is 6.80. The maximum absolute atomic E-state index is 14.3. The van der Waals surface area contributed by atoms with Crippen LogP contribution in [0.3, 0.4) is 0 Å². The van der Waals surface area contributed by atoms with E-state index < -0.39 is 38.9 Å². The average Bonchev–Trinajstić information content (AvgIpc) is 2.64. The van der Waals surface area contributed by atoms with E-state index >= 15 is 0 Å². The van der Waals surface area contributed by atoms with Crippen LogP contribution in [0.1, 0.15) is 36.5 Å². The summed E-state index contributed by atoms with van der Waals surface area (Å²) in [5.74, 6) is -3.94. The highest BCUT2D eigenvalue weighted by atomic mass is 79.9. The Morgan fingerprint density at radius 1 is 1.14 bits per heavy atom. The third-order valence-corrected chi connectivity index (χ3v) is 7.41. The standard InChI is InChI=1S/C19H18BrF3N2O3S/c1-11-4-2-3-7-25(11)29(27,28)13-5-6-16(22)14(10-13)19(26)24-18-15(20)8-12(21)9-17(18)23/h5-6,8-11H,2-4,7H2,1H3,(H,24,26)/t11-/m0/s1. The Morgan fingerprint density at radius 2 is 1.86 bits per heavy atom. The van der Waals surface area contributed by atoms with Crippen LogP contribution in [0.5, 0.6) is 0 Å². The van der Waals surface area contributed by atoms with Gasteiger partial charge in [0, 0.05) is 23.1 Å². The molecule has 0 aromatic heterocycles. The number of carbonyl (C=O) groups excluding carboxylic acids is 1. The molecule has 29 heavy (non-hydrogen) atoms. The molecule has 1 N–H and O–H groups in total. The highest BCUT2D eigenvalue weighted by Crippen LogP contribution is 2.29. The number of nitrogens with one attached hydrogen (secondary N) is 1.